The summed E-state index contributed by atoms with van der Waals surface area (Å²) in [5, 5.41) is 10.9. The summed E-state index contributed by atoms with van der Waals surface area (Å²) in [4.78, 5) is 12.3. The Kier molecular flexibility index (Phi) is 20.2. The van der Waals surface area contributed by atoms with Gasteiger partial charge in [-0.3, -0.25) is 4.79 Å². The largest absolute Gasteiger partial charge is 0.507 e. The van der Waals surface area contributed by atoms with Crippen molar-refractivity contribution in [1.29, 1.82) is 0 Å². The van der Waals surface area contributed by atoms with Crippen LogP contribution in [-0.2, 0) is 26.8 Å². The molecule has 0 unspecified atom stereocenters. The van der Waals surface area contributed by atoms with Crippen LogP contribution in [0.4, 0.5) is 0 Å². The second-order valence-corrected chi connectivity index (χ2v) is 13.6. The van der Waals surface area contributed by atoms with Gasteiger partial charge in [0.1, 0.15) is 5.75 Å². The predicted octanol–water partition coefficient (Wildman–Crippen LogP) is 11.6. The third kappa shape index (κ3) is 17.4. The maximum atomic E-state index is 12.3. The first-order valence-corrected chi connectivity index (χ1v) is 16.0. The number of esters is 1. The number of unbranched alkanes of at least 4 members (excludes halogenated alkanes) is 15. The van der Waals surface area contributed by atoms with Crippen molar-refractivity contribution in [1.82, 2.24) is 0 Å². The number of carbonyl (C=O) groups is 1. The topological polar surface area (TPSA) is 46.5 Å². The standard InChI is InChI=1S/C35H62O3.P/c1-8-9-10-11-12-13-14-15-16-17-18-19-20-21-22-23-26-38-32(36)25-24-29-27-30(34(2,3)4)33(37)31(28-29)35(5,6)7;/h27-28,37H,8-26H2,1-7H3;. The summed E-state index contributed by atoms with van der Waals surface area (Å²) in [7, 11) is 0. The van der Waals surface area contributed by atoms with Gasteiger partial charge < -0.3 is 9.84 Å². The molecule has 0 saturated carbocycles. The molecule has 39 heavy (non-hydrogen) atoms. The molecule has 1 aromatic rings. The molecule has 0 aliphatic carbocycles. The molecule has 0 aliphatic rings. The van der Waals surface area contributed by atoms with Gasteiger partial charge in [0.25, 0.3) is 0 Å². The third-order valence-electron chi connectivity index (χ3n) is 7.66. The van der Waals surface area contributed by atoms with Crippen LogP contribution in [0, 0.1) is 0 Å². The molecular formula is C35H62O3P. The Morgan fingerprint density at radius 1 is 0.667 bits per heavy atom. The fourth-order valence-corrected chi connectivity index (χ4v) is 5.14. The highest BCUT2D eigenvalue weighted by Crippen LogP contribution is 2.40. The monoisotopic (exact) mass is 561 g/mol. The number of aryl methyl sites for hydroxylation is 1. The van der Waals surface area contributed by atoms with Crippen molar-refractivity contribution in [3.8, 4) is 5.75 Å². The van der Waals surface area contributed by atoms with E-state index in [0.717, 1.165) is 29.5 Å². The van der Waals surface area contributed by atoms with Gasteiger partial charge in [0.05, 0.1) is 6.61 Å². The Bertz CT molecular complexity index is 738. The molecule has 0 saturated heterocycles. The maximum absolute atomic E-state index is 12.3. The summed E-state index contributed by atoms with van der Waals surface area (Å²) in [6.07, 6.45) is 22.5. The van der Waals surface area contributed by atoms with Gasteiger partial charge in [-0.1, -0.05) is 157 Å². The Morgan fingerprint density at radius 3 is 1.38 bits per heavy atom. The Labute approximate surface area is 246 Å². The second-order valence-electron chi connectivity index (χ2n) is 13.6. The van der Waals surface area contributed by atoms with Gasteiger partial charge in [-0.05, 0) is 40.4 Å². The van der Waals surface area contributed by atoms with Gasteiger partial charge in [0, 0.05) is 16.3 Å². The van der Waals surface area contributed by atoms with Crippen LogP contribution in [0.3, 0.4) is 0 Å². The van der Waals surface area contributed by atoms with Crippen LogP contribution < -0.4 is 0 Å². The number of ether oxygens (including phenoxy) is 1. The lowest BCUT2D eigenvalue weighted by Gasteiger charge is -2.28. The lowest BCUT2D eigenvalue weighted by atomic mass is 9.78. The minimum Gasteiger partial charge on any atom is -0.507 e. The summed E-state index contributed by atoms with van der Waals surface area (Å²) in [5.41, 5.74) is 2.67. The third-order valence-corrected chi connectivity index (χ3v) is 7.66. The van der Waals surface area contributed by atoms with Crippen LogP contribution in [0.1, 0.15) is 174 Å². The molecule has 0 aromatic heterocycles. The summed E-state index contributed by atoms with van der Waals surface area (Å²) in [5.74, 6) is 0.272. The zero-order valence-corrected chi connectivity index (χ0v) is 27.7. The van der Waals surface area contributed by atoms with E-state index in [1.165, 1.54) is 89.9 Å². The first-order chi connectivity index (χ1) is 18.0. The van der Waals surface area contributed by atoms with Gasteiger partial charge in [0.2, 0.25) is 0 Å². The van der Waals surface area contributed by atoms with Crippen molar-refractivity contribution in [3.05, 3.63) is 28.8 Å². The number of rotatable bonds is 20. The van der Waals surface area contributed by atoms with Gasteiger partial charge in [-0.15, -0.1) is 0 Å². The van der Waals surface area contributed by atoms with Crippen LogP contribution in [0.25, 0.3) is 0 Å². The normalized spacial score (nSPS) is 11.9. The van der Waals surface area contributed by atoms with Crippen LogP contribution in [0.5, 0.6) is 5.75 Å². The van der Waals surface area contributed by atoms with E-state index in [0.29, 0.717) is 25.2 Å². The number of phenols is 1. The molecule has 0 bridgehead atoms. The molecular weight excluding hydrogens is 499 g/mol. The molecule has 3 radical (unpaired) electrons. The van der Waals surface area contributed by atoms with Crippen LogP contribution in [0.15, 0.2) is 12.1 Å². The molecule has 0 spiro atoms. The second kappa shape index (κ2) is 20.7. The van der Waals surface area contributed by atoms with Crippen LogP contribution >= 0.6 is 9.90 Å². The number of hydrogen-bond donors (Lipinski definition) is 1. The summed E-state index contributed by atoms with van der Waals surface area (Å²) >= 11 is 0. The fraction of sp³-hybridized carbons (Fsp3) is 0.800. The SMILES string of the molecule is CCCCCCCCCCCCCCCCCCOC(=O)CCc1cc(C(C)(C)C)c(O)c(C(C)(C)C)c1.[P]. The van der Waals surface area contributed by atoms with E-state index in [2.05, 4.69) is 60.6 Å². The van der Waals surface area contributed by atoms with E-state index in [4.69, 9.17) is 4.74 Å². The van der Waals surface area contributed by atoms with Crippen LogP contribution in [-0.4, -0.2) is 17.7 Å². The van der Waals surface area contributed by atoms with Crippen molar-refractivity contribution >= 4 is 15.9 Å². The van der Waals surface area contributed by atoms with E-state index in [1.54, 1.807) is 0 Å². The molecule has 225 valence electrons. The first-order valence-electron chi connectivity index (χ1n) is 16.0. The number of benzene rings is 1. The van der Waals surface area contributed by atoms with Gasteiger partial charge >= 0.3 is 5.97 Å². The fourth-order valence-electron chi connectivity index (χ4n) is 5.14. The zero-order valence-electron chi connectivity index (χ0n) is 26.8. The molecule has 1 N–H and O–H groups in total. The summed E-state index contributed by atoms with van der Waals surface area (Å²) < 4.78 is 5.51. The van der Waals surface area contributed by atoms with Crippen molar-refractivity contribution in [2.75, 3.05) is 6.61 Å². The highest BCUT2D eigenvalue weighted by Gasteiger charge is 2.26. The maximum Gasteiger partial charge on any atom is 0.306 e. The molecule has 3 nitrogen and oxygen atoms in total. The number of carbonyl (C=O) groups excluding carboxylic acids is 1. The molecule has 4 heteroatoms. The minimum absolute atomic E-state index is 0. The molecule has 0 heterocycles. The molecule has 0 fully saturated rings. The smallest absolute Gasteiger partial charge is 0.306 e. The highest BCUT2D eigenvalue weighted by molar-refractivity contribution is 6.92. The number of hydrogen-bond acceptors (Lipinski definition) is 3. The van der Waals surface area contributed by atoms with E-state index >= 15 is 0 Å². The Morgan fingerprint density at radius 2 is 1.03 bits per heavy atom. The molecule has 1 aromatic carbocycles. The first kappa shape index (κ1) is 37.9. The molecule has 0 atom stereocenters. The average Bonchev–Trinajstić information content (AvgIpc) is 2.83. The van der Waals surface area contributed by atoms with E-state index in [-0.39, 0.29) is 26.7 Å². The molecule has 0 amide bonds. The van der Waals surface area contributed by atoms with Crippen molar-refractivity contribution in [2.45, 2.75) is 175 Å². The Balaban J connectivity index is 0.0000144. The van der Waals surface area contributed by atoms with Crippen molar-refractivity contribution in [3.63, 3.8) is 0 Å². The molecule has 1 rings (SSSR count). The van der Waals surface area contributed by atoms with Gasteiger partial charge in [-0.25, -0.2) is 0 Å². The summed E-state index contributed by atoms with van der Waals surface area (Å²) in [6.45, 7) is 15.5. The molecule has 0 aliphatic heterocycles. The van der Waals surface area contributed by atoms with E-state index < -0.39 is 0 Å². The summed E-state index contributed by atoms with van der Waals surface area (Å²) in [6, 6.07) is 4.13. The highest BCUT2D eigenvalue weighted by atomic mass is 31.0. The van der Waals surface area contributed by atoms with Crippen LogP contribution in [0.2, 0.25) is 0 Å². The Hall–Kier alpha value is -1.08. The zero-order chi connectivity index (χ0) is 28.4. The quantitative estimate of drug-likeness (QED) is 0.0978. The lowest BCUT2D eigenvalue weighted by Crippen LogP contribution is -2.18. The van der Waals surface area contributed by atoms with Crippen molar-refractivity contribution in [2.24, 2.45) is 0 Å². The van der Waals surface area contributed by atoms with E-state index in [1.807, 2.05) is 0 Å². The predicted molar refractivity (Wildman–Crippen MR) is 171 cm³/mol. The minimum atomic E-state index is -0.159. The van der Waals surface area contributed by atoms with Gasteiger partial charge in [-0.2, -0.15) is 0 Å². The van der Waals surface area contributed by atoms with Gasteiger partial charge in [0.15, 0.2) is 0 Å². The van der Waals surface area contributed by atoms with E-state index in [9.17, 15) is 9.90 Å². The number of phenolic OH excluding ortho intramolecular Hbond substituents is 1. The lowest BCUT2D eigenvalue weighted by molar-refractivity contribution is -0.143. The average molecular weight is 562 g/mol. The van der Waals surface area contributed by atoms with Crippen molar-refractivity contribution < 1.29 is 14.6 Å². The number of aromatic hydroxyl groups is 1.